The van der Waals surface area contributed by atoms with Crippen molar-refractivity contribution in [3.05, 3.63) is 24.3 Å². The van der Waals surface area contributed by atoms with E-state index in [2.05, 4.69) is 52.0 Å². The van der Waals surface area contributed by atoms with Crippen LogP contribution in [0.25, 0.3) is 0 Å². The van der Waals surface area contributed by atoms with Gasteiger partial charge in [-0.3, -0.25) is 19.2 Å². The summed E-state index contributed by atoms with van der Waals surface area (Å²) >= 11 is 0. The second-order valence-corrected chi connectivity index (χ2v) is 27.7. The van der Waals surface area contributed by atoms with Crippen molar-refractivity contribution in [3.8, 4) is 0 Å². The van der Waals surface area contributed by atoms with Gasteiger partial charge in [-0.2, -0.15) is 0 Å². The summed E-state index contributed by atoms with van der Waals surface area (Å²) in [7, 11) is -5.02. The molecule has 6 atom stereocenters. The van der Waals surface area contributed by atoms with Crippen LogP contribution in [0, 0.1) is 0 Å². The third-order valence-electron chi connectivity index (χ3n) is 17.5. The quantitative estimate of drug-likeness (QED) is 0.0150. The molecule has 0 radical (unpaired) electrons. The largest absolute Gasteiger partial charge is 1.00 e. The van der Waals surface area contributed by atoms with Gasteiger partial charge in [0.2, 0.25) is 0 Å². The van der Waals surface area contributed by atoms with E-state index in [-0.39, 0.29) is 61.8 Å². The van der Waals surface area contributed by atoms with Crippen LogP contribution in [0.4, 0.5) is 0 Å². The van der Waals surface area contributed by atoms with Crippen LogP contribution >= 0.6 is 0 Å². The summed E-state index contributed by atoms with van der Waals surface area (Å²) < 4.78 is 72.7. The predicted octanol–water partition coefficient (Wildman–Crippen LogP) is 17.2. The third-order valence-corrected chi connectivity index (χ3v) is 18.2. The molecule has 0 spiro atoms. The number of allylic oxidation sites excluding steroid dienone is 4. The van der Waals surface area contributed by atoms with Crippen molar-refractivity contribution in [3.63, 3.8) is 0 Å². The van der Waals surface area contributed by atoms with Crippen molar-refractivity contribution in [1.82, 2.24) is 0 Å². The van der Waals surface area contributed by atoms with Crippen LogP contribution in [0.1, 0.15) is 374 Å². The van der Waals surface area contributed by atoms with Crippen molar-refractivity contribution >= 4 is 34.0 Å². The van der Waals surface area contributed by atoms with Crippen molar-refractivity contribution in [2.45, 2.75) is 411 Å². The van der Waals surface area contributed by atoms with Gasteiger partial charge >= 0.3 is 53.4 Å². The van der Waals surface area contributed by atoms with Crippen LogP contribution in [-0.4, -0.2) is 97.7 Å². The van der Waals surface area contributed by atoms with Gasteiger partial charge < -0.3 is 38.1 Å². The van der Waals surface area contributed by atoms with Gasteiger partial charge in [-0.1, -0.05) is 315 Å². The van der Waals surface area contributed by atoms with Crippen LogP contribution in [-0.2, 0) is 57.7 Å². The fourth-order valence-electron chi connectivity index (χ4n) is 11.8. The molecule has 1 aliphatic rings. The molecule has 0 bridgehead atoms. The maximum absolute atomic E-state index is 13.8. The Hall–Kier alpha value is -1.85. The summed E-state index contributed by atoms with van der Waals surface area (Å²) in [5.41, 5.74) is 0. The van der Waals surface area contributed by atoms with Gasteiger partial charge in [0.25, 0.3) is 0 Å². The zero-order valence-electron chi connectivity index (χ0n) is 59.2. The Morgan fingerprint density at radius 1 is 0.418 bits per heavy atom. The number of rotatable bonds is 66. The monoisotopic (exact) mass is 1320 g/mol. The van der Waals surface area contributed by atoms with Gasteiger partial charge in [-0.05, 0) is 57.8 Å². The van der Waals surface area contributed by atoms with E-state index in [4.69, 9.17) is 28.4 Å². The zero-order valence-corrected chi connectivity index (χ0v) is 62.1. The van der Waals surface area contributed by atoms with E-state index in [9.17, 15) is 37.3 Å². The first-order valence-electron chi connectivity index (χ1n) is 37.8. The topological polar surface area (TPSA) is 201 Å². The number of hydrogen-bond donors (Lipinski definition) is 1. The summed E-state index contributed by atoms with van der Waals surface area (Å²) in [6.07, 6.45) is 55.1. The fraction of sp³-hybridized carbons (Fsp3) is 0.893. The minimum absolute atomic E-state index is 0. The zero-order chi connectivity index (χ0) is 65.6. The molecule has 91 heavy (non-hydrogen) atoms. The first kappa shape index (κ1) is 89.2. The molecule has 1 unspecified atom stereocenters. The van der Waals surface area contributed by atoms with Gasteiger partial charge in [0, 0.05) is 25.7 Å². The molecule has 0 saturated carbocycles. The second kappa shape index (κ2) is 65.4. The second-order valence-electron chi connectivity index (χ2n) is 26.3. The Morgan fingerprint density at radius 3 is 1.10 bits per heavy atom. The summed E-state index contributed by atoms with van der Waals surface area (Å²) in [6, 6.07) is 0. The Morgan fingerprint density at radius 2 is 0.725 bits per heavy atom. The van der Waals surface area contributed by atoms with E-state index in [1.807, 2.05) is 0 Å². The van der Waals surface area contributed by atoms with Crippen LogP contribution in [0.5, 0.6) is 0 Å². The predicted molar refractivity (Wildman–Crippen MR) is 366 cm³/mol. The maximum atomic E-state index is 13.8. The molecular weight excluding hydrogens is 1180 g/mol. The van der Waals surface area contributed by atoms with Crippen LogP contribution in [0.3, 0.4) is 0 Å². The van der Waals surface area contributed by atoms with Gasteiger partial charge in [0.15, 0.2) is 24.6 Å². The van der Waals surface area contributed by atoms with Crippen LogP contribution in [0.2, 0.25) is 0 Å². The van der Waals surface area contributed by atoms with Gasteiger partial charge in [-0.15, -0.1) is 0 Å². The Kier molecular flexibility index (Phi) is 64.1. The first-order chi connectivity index (χ1) is 43.8. The van der Waals surface area contributed by atoms with Crippen LogP contribution in [0.15, 0.2) is 24.3 Å². The Labute approximate surface area is 580 Å². The van der Waals surface area contributed by atoms with E-state index in [0.717, 1.165) is 122 Å². The number of carbonyl (C=O) groups is 4. The molecular formula is C75H137NaO14S. The molecule has 1 fully saturated rings. The number of aliphatic hydroxyl groups excluding tert-OH is 1. The van der Waals surface area contributed by atoms with Crippen molar-refractivity contribution in [2.75, 3.05) is 19.0 Å². The number of hydrogen-bond acceptors (Lipinski definition) is 14. The van der Waals surface area contributed by atoms with E-state index < -0.39 is 83.2 Å². The molecule has 0 aliphatic carbocycles. The summed E-state index contributed by atoms with van der Waals surface area (Å²) in [5, 5.41) is 11.7. The molecule has 1 rings (SSSR count). The Bertz CT molecular complexity index is 1850. The maximum Gasteiger partial charge on any atom is 1.00 e. The first-order valence-corrected chi connectivity index (χ1v) is 39.3. The number of aliphatic hydroxyl groups is 1. The number of esters is 4. The third kappa shape index (κ3) is 57.0. The molecule has 0 aromatic heterocycles. The van der Waals surface area contributed by atoms with E-state index in [1.54, 1.807) is 0 Å². The number of unbranched alkanes of at least 4 members (excludes halogenated alkanes) is 44. The van der Waals surface area contributed by atoms with E-state index in [0.29, 0.717) is 25.7 Å². The average molecular weight is 1320 g/mol. The normalized spacial score (nSPS) is 17.1. The molecule has 14 nitrogen and oxygen atoms in total. The standard InChI is InChI=1S/C75H138O14S.Na/c1-5-9-13-17-21-25-29-33-34-38-39-43-47-51-55-59-68(76)84-63-66(86-69(77)60-56-52-48-44-40-35-30-26-22-18-14-10-6-2)64-85-75-74(89-71(79)62-58-54-50-46-42-37-32-28-24-20-16-12-8-4)73(72(80)67(87-75)65-90(81,82)83)88-70(78)61-57-53-49-45-41-36-31-27-23-19-15-11-7-3;/h21,25,33-34,66-67,72-75,80H,5-20,22-24,26-32,35-65H2,1-4H3,(H,81,82,83);/q;+1/p-1/b25-21-,34-33-;/t66?,67-,72-,73+,74-,75+;/m1./s1. The summed E-state index contributed by atoms with van der Waals surface area (Å²) in [6.45, 7) is 8.09. The van der Waals surface area contributed by atoms with Gasteiger partial charge in [-0.25, -0.2) is 8.42 Å². The minimum Gasteiger partial charge on any atom is -0.748 e. The Balaban J connectivity index is 0.0000810. The van der Waals surface area contributed by atoms with Crippen LogP contribution < -0.4 is 29.6 Å². The molecule has 1 N–H and O–H groups in total. The molecule has 16 heteroatoms. The van der Waals surface area contributed by atoms with Gasteiger partial charge in [0.05, 0.1) is 22.5 Å². The van der Waals surface area contributed by atoms with Crippen molar-refractivity contribution < 1.29 is 95.2 Å². The van der Waals surface area contributed by atoms with E-state index >= 15 is 0 Å². The molecule has 1 aliphatic heterocycles. The summed E-state index contributed by atoms with van der Waals surface area (Å²) in [5.74, 6) is -3.54. The SMILES string of the molecule is CCCCC/C=C\C/C=C\CCCCCCCC(=O)OCC(CO[C@H]1O[C@H](CS(=O)(=O)[O-])[C@@H](O)[C@H](OC(=O)CCCCCCCCCCCCCCC)[C@H]1OC(=O)CCCCCCCCCCCCCCC)OC(=O)CCCCCCCCCCCCCCC.[Na+]. The number of ether oxygens (including phenoxy) is 6. The van der Waals surface area contributed by atoms with E-state index in [1.165, 1.54) is 173 Å². The summed E-state index contributed by atoms with van der Waals surface area (Å²) in [4.78, 5) is 54.1. The average Bonchev–Trinajstić information content (AvgIpc) is 0.890. The minimum atomic E-state index is -5.02. The smallest absolute Gasteiger partial charge is 0.748 e. The molecule has 528 valence electrons. The molecule has 0 aromatic rings. The van der Waals surface area contributed by atoms with Crippen molar-refractivity contribution in [1.29, 1.82) is 0 Å². The molecule has 0 aromatic carbocycles. The fourth-order valence-corrected chi connectivity index (χ4v) is 12.5. The molecule has 0 amide bonds. The number of carbonyl (C=O) groups excluding carboxylic acids is 4. The molecule has 1 saturated heterocycles. The van der Waals surface area contributed by atoms with Crippen molar-refractivity contribution in [2.24, 2.45) is 0 Å². The van der Waals surface area contributed by atoms with Gasteiger partial charge in [0.1, 0.15) is 18.8 Å². The molecule has 1 heterocycles.